The van der Waals surface area contributed by atoms with E-state index < -0.39 is 12.0 Å². The number of carboxylic acid groups (broad SMARTS) is 1. The molecule has 0 aromatic rings. The zero-order chi connectivity index (χ0) is 11.5. The third kappa shape index (κ3) is 10.2. The summed E-state index contributed by atoms with van der Waals surface area (Å²) in [5.74, 6) is -0.757. The molecule has 0 spiro atoms. The first-order valence-electron chi connectivity index (χ1n) is 5.79. The van der Waals surface area contributed by atoms with Gasteiger partial charge in [0.15, 0.2) is 0 Å². The Balaban J connectivity index is 0. The van der Waals surface area contributed by atoms with E-state index in [0.29, 0.717) is 6.42 Å². The molecule has 1 atom stereocenters. The van der Waals surface area contributed by atoms with Crippen molar-refractivity contribution in [3.8, 4) is 0 Å². The van der Waals surface area contributed by atoms with E-state index in [0.717, 1.165) is 38.6 Å². The van der Waals surface area contributed by atoms with Gasteiger partial charge >= 0.3 is 5.97 Å². The van der Waals surface area contributed by atoms with Crippen LogP contribution in [0.5, 0.6) is 0 Å². The normalized spacial score (nSPS) is 11.9. The minimum absolute atomic E-state index is 0. The van der Waals surface area contributed by atoms with Crippen LogP contribution in [0, 0.1) is 0 Å². The highest BCUT2D eigenvalue weighted by atomic mass is 35.5. The van der Waals surface area contributed by atoms with Gasteiger partial charge in [-0.25, -0.2) is 0 Å². The number of aliphatic carboxylic acids is 1. The highest BCUT2D eigenvalue weighted by molar-refractivity contribution is 5.85. The number of halogens is 1. The Bertz CT molecular complexity index is 167. The summed E-state index contributed by atoms with van der Waals surface area (Å²) in [4.78, 5) is 10.8. The van der Waals surface area contributed by atoms with Crippen LogP contribution in [0.15, 0.2) is 0 Å². The van der Waals surface area contributed by atoms with Gasteiger partial charge in [0, 0.05) is 6.61 Å². The van der Waals surface area contributed by atoms with Crippen LogP contribution >= 0.6 is 12.4 Å². The molecular weight excluding hydrogens is 230 g/mol. The third-order valence-electron chi connectivity index (χ3n) is 2.35. The predicted octanol–water partition coefficient (Wildman–Crippen LogP) is 1.80. The first-order chi connectivity index (χ1) is 7.22. The average Bonchev–Trinajstić information content (AvgIpc) is 2.21. The lowest BCUT2D eigenvalue weighted by Gasteiger charge is -2.12. The van der Waals surface area contributed by atoms with E-state index in [4.69, 9.17) is 10.2 Å². The molecule has 0 radical (unpaired) electrons. The third-order valence-corrected chi connectivity index (χ3v) is 2.35. The van der Waals surface area contributed by atoms with E-state index in [1.54, 1.807) is 0 Å². The van der Waals surface area contributed by atoms with Crippen LogP contribution in [-0.2, 0) is 4.79 Å². The molecule has 98 valence electrons. The first kappa shape index (κ1) is 18.1. The highest BCUT2D eigenvalue weighted by Gasteiger charge is 2.14. The quantitative estimate of drug-likeness (QED) is 0.520. The molecule has 0 aliphatic rings. The van der Waals surface area contributed by atoms with E-state index in [1.807, 2.05) is 6.92 Å². The van der Waals surface area contributed by atoms with Gasteiger partial charge in [0.1, 0.15) is 6.04 Å². The Kier molecular flexibility index (Phi) is 14.4. The van der Waals surface area contributed by atoms with E-state index in [2.05, 4.69) is 5.32 Å². The van der Waals surface area contributed by atoms with Crippen molar-refractivity contribution in [1.82, 2.24) is 5.32 Å². The van der Waals surface area contributed by atoms with Gasteiger partial charge in [-0.3, -0.25) is 4.79 Å². The van der Waals surface area contributed by atoms with Crippen molar-refractivity contribution in [3.05, 3.63) is 0 Å². The molecule has 0 aliphatic carbocycles. The van der Waals surface area contributed by atoms with Gasteiger partial charge in [-0.1, -0.05) is 26.2 Å². The molecule has 0 heterocycles. The SMILES string of the molecule is CCCC(NCCCCCCO)C(=O)O.Cl. The zero-order valence-corrected chi connectivity index (χ0v) is 10.8. The smallest absolute Gasteiger partial charge is 0.320 e. The molecule has 0 aromatic heterocycles. The van der Waals surface area contributed by atoms with Crippen molar-refractivity contribution < 1.29 is 15.0 Å². The number of rotatable bonds is 10. The standard InChI is InChI=1S/C11H23NO3.ClH/c1-2-7-10(11(14)15)12-8-5-3-4-6-9-13;/h10,12-13H,2-9H2,1H3,(H,14,15);1H. The molecule has 5 heteroatoms. The van der Waals surface area contributed by atoms with Gasteiger partial charge in [-0.05, 0) is 25.8 Å². The maximum atomic E-state index is 10.8. The fraction of sp³-hybridized carbons (Fsp3) is 0.909. The minimum Gasteiger partial charge on any atom is -0.480 e. The largest absolute Gasteiger partial charge is 0.480 e. The summed E-state index contributed by atoms with van der Waals surface area (Å²) in [5.41, 5.74) is 0. The Morgan fingerprint density at radius 1 is 1.25 bits per heavy atom. The summed E-state index contributed by atoms with van der Waals surface area (Å²) in [6, 6.07) is -0.396. The van der Waals surface area contributed by atoms with Crippen molar-refractivity contribution in [2.75, 3.05) is 13.2 Å². The summed E-state index contributed by atoms with van der Waals surface area (Å²) in [6.07, 6.45) is 5.46. The Morgan fingerprint density at radius 3 is 2.38 bits per heavy atom. The molecule has 0 saturated carbocycles. The molecule has 0 aliphatic heterocycles. The Labute approximate surface area is 104 Å². The maximum absolute atomic E-state index is 10.8. The average molecular weight is 254 g/mol. The zero-order valence-electron chi connectivity index (χ0n) is 9.95. The van der Waals surface area contributed by atoms with E-state index in [-0.39, 0.29) is 19.0 Å². The lowest BCUT2D eigenvalue weighted by Crippen LogP contribution is -2.37. The van der Waals surface area contributed by atoms with Crippen molar-refractivity contribution >= 4 is 18.4 Å². The number of aliphatic hydroxyl groups is 1. The number of carboxylic acids is 1. The Morgan fingerprint density at radius 2 is 1.88 bits per heavy atom. The molecule has 0 fully saturated rings. The molecule has 0 amide bonds. The molecular formula is C11H24ClNO3. The molecule has 4 nitrogen and oxygen atoms in total. The van der Waals surface area contributed by atoms with E-state index in [9.17, 15) is 4.79 Å². The van der Waals surface area contributed by atoms with Crippen LogP contribution in [0.1, 0.15) is 45.4 Å². The number of unbranched alkanes of at least 4 members (excludes halogenated alkanes) is 3. The molecule has 0 aromatic carbocycles. The summed E-state index contributed by atoms with van der Waals surface area (Å²) < 4.78 is 0. The Hall–Kier alpha value is -0.320. The van der Waals surface area contributed by atoms with Crippen LogP contribution in [-0.4, -0.2) is 35.4 Å². The van der Waals surface area contributed by atoms with Gasteiger partial charge in [-0.15, -0.1) is 12.4 Å². The number of aliphatic hydroxyl groups excluding tert-OH is 1. The van der Waals surface area contributed by atoms with Crippen LogP contribution in [0.3, 0.4) is 0 Å². The number of hydrogen-bond donors (Lipinski definition) is 3. The monoisotopic (exact) mass is 253 g/mol. The lowest BCUT2D eigenvalue weighted by atomic mass is 10.1. The van der Waals surface area contributed by atoms with Crippen molar-refractivity contribution in [2.24, 2.45) is 0 Å². The van der Waals surface area contributed by atoms with Crippen molar-refractivity contribution in [1.29, 1.82) is 0 Å². The van der Waals surface area contributed by atoms with Crippen LogP contribution < -0.4 is 5.32 Å². The van der Waals surface area contributed by atoms with Crippen LogP contribution in [0.4, 0.5) is 0 Å². The van der Waals surface area contributed by atoms with Gasteiger partial charge in [-0.2, -0.15) is 0 Å². The summed E-state index contributed by atoms with van der Waals surface area (Å²) in [7, 11) is 0. The second kappa shape index (κ2) is 12.7. The van der Waals surface area contributed by atoms with Crippen LogP contribution in [0.25, 0.3) is 0 Å². The highest BCUT2D eigenvalue weighted by Crippen LogP contribution is 2.00. The molecule has 0 saturated heterocycles. The van der Waals surface area contributed by atoms with Gasteiger partial charge in [0.25, 0.3) is 0 Å². The van der Waals surface area contributed by atoms with Gasteiger partial charge in [0.2, 0.25) is 0 Å². The van der Waals surface area contributed by atoms with Crippen molar-refractivity contribution in [3.63, 3.8) is 0 Å². The van der Waals surface area contributed by atoms with Gasteiger partial charge in [0.05, 0.1) is 0 Å². The summed E-state index contributed by atoms with van der Waals surface area (Å²) in [5, 5.41) is 20.4. The van der Waals surface area contributed by atoms with Gasteiger partial charge < -0.3 is 15.5 Å². The predicted molar refractivity (Wildman–Crippen MR) is 67.1 cm³/mol. The second-order valence-corrected chi connectivity index (χ2v) is 3.77. The number of hydrogen-bond acceptors (Lipinski definition) is 3. The fourth-order valence-corrected chi connectivity index (χ4v) is 1.47. The van der Waals surface area contributed by atoms with Crippen molar-refractivity contribution in [2.45, 2.75) is 51.5 Å². The molecule has 3 N–H and O–H groups in total. The molecule has 0 bridgehead atoms. The molecule has 16 heavy (non-hydrogen) atoms. The molecule has 0 rings (SSSR count). The first-order valence-corrected chi connectivity index (χ1v) is 5.79. The lowest BCUT2D eigenvalue weighted by molar-refractivity contribution is -0.139. The topological polar surface area (TPSA) is 69.6 Å². The summed E-state index contributed by atoms with van der Waals surface area (Å²) in [6.45, 7) is 2.99. The van der Waals surface area contributed by atoms with E-state index >= 15 is 0 Å². The second-order valence-electron chi connectivity index (χ2n) is 3.77. The summed E-state index contributed by atoms with van der Waals surface area (Å²) >= 11 is 0. The minimum atomic E-state index is -0.757. The van der Waals surface area contributed by atoms with Crippen LogP contribution in [0.2, 0.25) is 0 Å². The number of carbonyl (C=O) groups is 1. The van der Waals surface area contributed by atoms with E-state index in [1.165, 1.54) is 0 Å². The number of nitrogens with one attached hydrogen (secondary N) is 1. The maximum Gasteiger partial charge on any atom is 0.320 e. The molecule has 1 unspecified atom stereocenters. The fourth-order valence-electron chi connectivity index (χ4n) is 1.47.